The third-order valence-corrected chi connectivity index (χ3v) is 4.06. The summed E-state index contributed by atoms with van der Waals surface area (Å²) in [5.74, 6) is 1.77. The predicted molar refractivity (Wildman–Crippen MR) is 100 cm³/mol. The maximum atomic E-state index is 4.87. The monoisotopic (exact) mass is 337 g/mol. The molecule has 0 atom stereocenters. The molecule has 2 aromatic heterocycles. The summed E-state index contributed by atoms with van der Waals surface area (Å²) in [5.41, 5.74) is 3.41. The molecule has 0 saturated heterocycles. The van der Waals surface area contributed by atoms with Gasteiger partial charge in [-0.1, -0.05) is 51.1 Å². The zero-order valence-electron chi connectivity index (χ0n) is 15.8. The number of aryl methyl sites for hydroxylation is 2. The van der Waals surface area contributed by atoms with E-state index in [1.165, 1.54) is 5.56 Å². The molecule has 0 N–H and O–H groups in total. The third kappa shape index (κ3) is 4.16. The van der Waals surface area contributed by atoms with Gasteiger partial charge >= 0.3 is 0 Å². The van der Waals surface area contributed by atoms with Gasteiger partial charge in [0.05, 0.1) is 11.3 Å². The molecule has 0 bridgehead atoms. The van der Waals surface area contributed by atoms with Crippen molar-refractivity contribution in [2.75, 3.05) is 0 Å². The number of hydrogen-bond donors (Lipinski definition) is 0. The van der Waals surface area contributed by atoms with Crippen LogP contribution in [0.3, 0.4) is 0 Å². The summed E-state index contributed by atoms with van der Waals surface area (Å²) in [6, 6.07) is 10.4. The van der Waals surface area contributed by atoms with Crippen molar-refractivity contribution in [1.82, 2.24) is 24.5 Å². The predicted octanol–water partition coefficient (Wildman–Crippen LogP) is 4.11. The first-order valence-electron chi connectivity index (χ1n) is 8.88. The Balaban J connectivity index is 2.01. The van der Waals surface area contributed by atoms with E-state index < -0.39 is 0 Å². The normalized spacial score (nSPS) is 11.9. The highest BCUT2D eigenvalue weighted by molar-refractivity contribution is 5.57. The Morgan fingerprint density at radius 3 is 2.36 bits per heavy atom. The van der Waals surface area contributed by atoms with Crippen LogP contribution in [0, 0.1) is 12.3 Å². The van der Waals surface area contributed by atoms with E-state index in [0.717, 1.165) is 42.4 Å². The maximum absolute atomic E-state index is 4.87. The lowest BCUT2D eigenvalue weighted by Gasteiger charge is -2.18. The van der Waals surface area contributed by atoms with Gasteiger partial charge in [0, 0.05) is 25.7 Å². The van der Waals surface area contributed by atoms with Crippen molar-refractivity contribution < 1.29 is 0 Å². The Morgan fingerprint density at radius 1 is 1.04 bits per heavy atom. The fourth-order valence-electron chi connectivity index (χ4n) is 2.90. The van der Waals surface area contributed by atoms with Crippen LogP contribution >= 0.6 is 0 Å². The van der Waals surface area contributed by atoms with Crippen LogP contribution in [-0.4, -0.2) is 24.5 Å². The second kappa shape index (κ2) is 6.82. The first-order chi connectivity index (χ1) is 11.9. The molecule has 0 unspecified atom stereocenters. The highest BCUT2D eigenvalue weighted by atomic mass is 15.4. The molecule has 3 rings (SSSR count). The van der Waals surface area contributed by atoms with Gasteiger partial charge < -0.3 is 0 Å². The van der Waals surface area contributed by atoms with Crippen LogP contribution < -0.4 is 0 Å². The van der Waals surface area contributed by atoms with Crippen molar-refractivity contribution in [3.05, 3.63) is 53.6 Å². The maximum Gasteiger partial charge on any atom is 0.161 e. The minimum atomic E-state index is 0.126. The summed E-state index contributed by atoms with van der Waals surface area (Å²) >= 11 is 0. The SMILES string of the molecule is CCn1cc(-c2nc(Cc3ccccc3)nn2CC(C)(C)C)c(C)n1. The minimum absolute atomic E-state index is 0.126. The second-order valence-corrected chi connectivity index (χ2v) is 7.72. The van der Waals surface area contributed by atoms with Gasteiger partial charge in [0.25, 0.3) is 0 Å². The van der Waals surface area contributed by atoms with E-state index >= 15 is 0 Å². The Labute approximate surface area is 149 Å². The fourth-order valence-corrected chi connectivity index (χ4v) is 2.90. The summed E-state index contributed by atoms with van der Waals surface area (Å²) in [5, 5.41) is 9.38. The summed E-state index contributed by atoms with van der Waals surface area (Å²) in [4.78, 5) is 4.87. The van der Waals surface area contributed by atoms with Crippen molar-refractivity contribution >= 4 is 0 Å². The zero-order valence-corrected chi connectivity index (χ0v) is 15.8. The quantitative estimate of drug-likeness (QED) is 0.704. The van der Waals surface area contributed by atoms with E-state index in [2.05, 4.69) is 63.3 Å². The molecule has 1 aromatic carbocycles. The number of hydrogen-bond acceptors (Lipinski definition) is 3. The van der Waals surface area contributed by atoms with Crippen LogP contribution in [0.25, 0.3) is 11.4 Å². The van der Waals surface area contributed by atoms with Gasteiger partial charge in [-0.25, -0.2) is 9.67 Å². The lowest BCUT2D eigenvalue weighted by molar-refractivity contribution is 0.326. The van der Waals surface area contributed by atoms with Crippen molar-refractivity contribution in [3.63, 3.8) is 0 Å². The number of rotatable bonds is 5. The van der Waals surface area contributed by atoms with E-state index in [-0.39, 0.29) is 5.41 Å². The van der Waals surface area contributed by atoms with E-state index in [1.807, 2.05) is 22.4 Å². The van der Waals surface area contributed by atoms with Gasteiger partial charge in [0.2, 0.25) is 0 Å². The van der Waals surface area contributed by atoms with E-state index in [4.69, 9.17) is 10.1 Å². The molecule has 0 aliphatic heterocycles. The van der Waals surface area contributed by atoms with Crippen molar-refractivity contribution in [3.8, 4) is 11.4 Å². The van der Waals surface area contributed by atoms with Crippen LogP contribution in [0.5, 0.6) is 0 Å². The van der Waals surface area contributed by atoms with E-state index in [1.54, 1.807) is 0 Å². The molecule has 0 saturated carbocycles. The van der Waals surface area contributed by atoms with Crippen molar-refractivity contribution in [1.29, 1.82) is 0 Å². The topological polar surface area (TPSA) is 48.5 Å². The summed E-state index contributed by atoms with van der Waals surface area (Å²) < 4.78 is 4.00. The lowest BCUT2D eigenvalue weighted by atomic mass is 9.97. The van der Waals surface area contributed by atoms with Gasteiger partial charge in [-0.3, -0.25) is 4.68 Å². The molecule has 0 spiro atoms. The molecule has 0 aliphatic rings. The van der Waals surface area contributed by atoms with Gasteiger partial charge in [0.1, 0.15) is 0 Å². The molecule has 25 heavy (non-hydrogen) atoms. The van der Waals surface area contributed by atoms with Crippen LogP contribution in [-0.2, 0) is 19.5 Å². The van der Waals surface area contributed by atoms with Gasteiger partial charge in [-0.05, 0) is 24.8 Å². The average Bonchev–Trinajstić information content (AvgIpc) is 3.09. The second-order valence-electron chi connectivity index (χ2n) is 7.72. The standard InChI is InChI=1S/C20H27N5/c1-6-24-13-17(15(2)22-24)19-21-18(12-16-10-8-7-9-11-16)23-25(19)14-20(3,4)5/h7-11,13H,6,12,14H2,1-5H3. The molecule has 5 heteroatoms. The largest absolute Gasteiger partial charge is 0.272 e. The number of nitrogens with zero attached hydrogens (tertiary/aromatic N) is 5. The Kier molecular flexibility index (Phi) is 4.75. The molecule has 5 nitrogen and oxygen atoms in total. The van der Waals surface area contributed by atoms with Gasteiger partial charge in [-0.15, -0.1) is 0 Å². The first kappa shape index (κ1) is 17.4. The molecule has 3 aromatic rings. The molecule has 2 heterocycles. The molecular formula is C20H27N5. The summed E-state index contributed by atoms with van der Waals surface area (Å²) in [6.07, 6.45) is 2.82. The Bertz CT molecular complexity index is 837. The molecule has 0 aliphatic carbocycles. The van der Waals surface area contributed by atoms with Crippen molar-refractivity contribution in [2.24, 2.45) is 5.41 Å². The summed E-state index contributed by atoms with van der Waals surface area (Å²) in [7, 11) is 0. The lowest BCUT2D eigenvalue weighted by Crippen LogP contribution is -2.17. The van der Waals surface area contributed by atoms with Crippen LogP contribution in [0.4, 0.5) is 0 Å². The molecule has 0 amide bonds. The van der Waals surface area contributed by atoms with Crippen LogP contribution in [0.15, 0.2) is 36.5 Å². The average molecular weight is 337 g/mol. The zero-order chi connectivity index (χ0) is 18.0. The van der Waals surface area contributed by atoms with E-state index in [9.17, 15) is 0 Å². The number of aromatic nitrogens is 5. The first-order valence-corrected chi connectivity index (χ1v) is 8.88. The third-order valence-electron chi connectivity index (χ3n) is 4.06. The molecule has 132 valence electrons. The highest BCUT2D eigenvalue weighted by Gasteiger charge is 2.21. The summed E-state index contributed by atoms with van der Waals surface area (Å²) in [6.45, 7) is 12.5. The van der Waals surface area contributed by atoms with E-state index in [0.29, 0.717) is 0 Å². The van der Waals surface area contributed by atoms with Crippen LogP contribution in [0.1, 0.15) is 44.8 Å². The van der Waals surface area contributed by atoms with Crippen molar-refractivity contribution in [2.45, 2.75) is 54.1 Å². The Morgan fingerprint density at radius 2 is 1.76 bits per heavy atom. The molecule has 0 fully saturated rings. The highest BCUT2D eigenvalue weighted by Crippen LogP contribution is 2.25. The fraction of sp³-hybridized carbons (Fsp3) is 0.450. The minimum Gasteiger partial charge on any atom is -0.272 e. The van der Waals surface area contributed by atoms with Gasteiger partial charge in [-0.2, -0.15) is 10.2 Å². The Hall–Kier alpha value is -2.43. The van der Waals surface area contributed by atoms with Gasteiger partial charge in [0.15, 0.2) is 11.6 Å². The molecular weight excluding hydrogens is 310 g/mol. The number of benzene rings is 1. The van der Waals surface area contributed by atoms with Crippen LogP contribution in [0.2, 0.25) is 0 Å². The molecule has 0 radical (unpaired) electrons. The smallest absolute Gasteiger partial charge is 0.161 e.